The maximum absolute atomic E-state index is 5.95. The molecular weight excluding hydrogens is 292 g/mol. The van der Waals surface area contributed by atoms with E-state index in [0.29, 0.717) is 0 Å². The van der Waals surface area contributed by atoms with Gasteiger partial charge in [-0.15, -0.1) is 0 Å². The zero-order valence-corrected chi connectivity index (χ0v) is 13.7. The van der Waals surface area contributed by atoms with E-state index in [2.05, 4.69) is 65.5 Å². The molecule has 0 spiro atoms. The second kappa shape index (κ2) is 6.17. The number of hydrogen-bond donors (Lipinski definition) is 1. The van der Waals surface area contributed by atoms with E-state index in [1.807, 2.05) is 6.20 Å². The molecule has 4 nitrogen and oxygen atoms in total. The number of hydrogen-bond acceptors (Lipinski definition) is 3. The van der Waals surface area contributed by atoms with Gasteiger partial charge in [0.25, 0.3) is 0 Å². The van der Waals surface area contributed by atoms with Gasteiger partial charge in [0.1, 0.15) is 0 Å². The van der Waals surface area contributed by atoms with Gasteiger partial charge in [0.2, 0.25) is 0 Å². The molecule has 5 heteroatoms. The smallest absolute Gasteiger partial charge is 0.0635 e. The summed E-state index contributed by atoms with van der Waals surface area (Å²) in [6, 6.07) is 0.184. The van der Waals surface area contributed by atoms with Gasteiger partial charge in [-0.1, -0.05) is 13.8 Å². The number of nitrogens with two attached hydrogens (primary N) is 1. The van der Waals surface area contributed by atoms with Crippen LogP contribution in [0.2, 0.25) is 0 Å². The first kappa shape index (κ1) is 15.7. The highest BCUT2D eigenvalue weighted by molar-refractivity contribution is 9.10. The van der Waals surface area contributed by atoms with Crippen LogP contribution in [-0.2, 0) is 12.0 Å². The molecule has 0 aliphatic heterocycles. The molecule has 0 bridgehead atoms. The van der Waals surface area contributed by atoms with E-state index in [1.165, 1.54) is 5.69 Å². The highest BCUT2D eigenvalue weighted by atomic mass is 79.9. The molecule has 0 amide bonds. The Labute approximate surface area is 119 Å². The van der Waals surface area contributed by atoms with Crippen molar-refractivity contribution < 1.29 is 0 Å². The molecule has 0 saturated heterocycles. The Morgan fingerprint density at radius 2 is 2.11 bits per heavy atom. The summed E-state index contributed by atoms with van der Waals surface area (Å²) in [4.78, 5) is 2.16. The first-order valence-corrected chi connectivity index (χ1v) is 7.15. The lowest BCUT2D eigenvalue weighted by Gasteiger charge is -2.28. The third kappa shape index (κ3) is 4.07. The third-order valence-corrected chi connectivity index (χ3v) is 3.61. The summed E-state index contributed by atoms with van der Waals surface area (Å²) in [5.74, 6) is 0. The van der Waals surface area contributed by atoms with Gasteiger partial charge in [0.05, 0.1) is 22.9 Å². The van der Waals surface area contributed by atoms with Gasteiger partial charge in [-0.25, -0.2) is 0 Å². The zero-order chi connectivity index (χ0) is 13.9. The molecule has 0 aliphatic carbocycles. The van der Waals surface area contributed by atoms with Crippen LogP contribution in [0.5, 0.6) is 0 Å². The van der Waals surface area contributed by atoms with Crippen LogP contribution in [0, 0.1) is 0 Å². The minimum absolute atomic E-state index is 0.0236. The summed E-state index contributed by atoms with van der Waals surface area (Å²) in [6.45, 7) is 8.39. The van der Waals surface area contributed by atoms with E-state index in [9.17, 15) is 0 Å². The fourth-order valence-electron chi connectivity index (χ4n) is 2.40. The fraction of sp³-hybridized carbons (Fsp3) is 0.769. The second-order valence-corrected chi connectivity index (χ2v) is 6.79. The molecule has 2 N–H and O–H groups in total. The molecule has 0 saturated carbocycles. The summed E-state index contributed by atoms with van der Waals surface area (Å²) in [5.41, 5.74) is 7.22. The van der Waals surface area contributed by atoms with E-state index < -0.39 is 0 Å². The van der Waals surface area contributed by atoms with Crippen LogP contribution >= 0.6 is 15.9 Å². The first-order valence-electron chi connectivity index (χ1n) is 6.36. The lowest BCUT2D eigenvalue weighted by atomic mass is 9.83. The van der Waals surface area contributed by atoms with Crippen LogP contribution in [0.15, 0.2) is 10.7 Å². The molecule has 1 rings (SSSR count). The van der Waals surface area contributed by atoms with Gasteiger partial charge in [-0.05, 0) is 43.4 Å². The Balaban J connectivity index is 2.95. The van der Waals surface area contributed by atoms with Crippen molar-refractivity contribution in [2.45, 2.75) is 45.2 Å². The normalized spacial score (nSPS) is 14.2. The number of aromatic nitrogens is 2. The number of nitrogens with zero attached hydrogens (tertiary/aromatic N) is 3. The van der Waals surface area contributed by atoms with Crippen molar-refractivity contribution in [3.63, 3.8) is 0 Å². The maximum atomic E-state index is 5.95. The minimum atomic E-state index is 0.0236. The van der Waals surface area contributed by atoms with Crippen molar-refractivity contribution in [1.82, 2.24) is 14.7 Å². The van der Waals surface area contributed by atoms with E-state index in [0.717, 1.165) is 24.0 Å². The predicted octanol–water partition coefficient (Wildman–Crippen LogP) is 2.22. The Morgan fingerprint density at radius 1 is 1.50 bits per heavy atom. The topological polar surface area (TPSA) is 47.1 Å². The summed E-state index contributed by atoms with van der Waals surface area (Å²) in [7, 11) is 4.15. The highest BCUT2D eigenvalue weighted by Gasteiger charge is 2.28. The van der Waals surface area contributed by atoms with Gasteiger partial charge in [-0.3, -0.25) is 4.68 Å². The second-order valence-electron chi connectivity index (χ2n) is 5.93. The Bertz CT molecular complexity index is 382. The summed E-state index contributed by atoms with van der Waals surface area (Å²) < 4.78 is 3.17. The maximum Gasteiger partial charge on any atom is 0.0635 e. The van der Waals surface area contributed by atoms with Gasteiger partial charge in [0, 0.05) is 18.0 Å². The quantitative estimate of drug-likeness (QED) is 0.875. The van der Waals surface area contributed by atoms with Gasteiger partial charge in [-0.2, -0.15) is 5.10 Å². The van der Waals surface area contributed by atoms with Crippen LogP contribution in [0.1, 0.15) is 32.9 Å². The zero-order valence-electron chi connectivity index (χ0n) is 12.1. The molecule has 1 unspecified atom stereocenters. The van der Waals surface area contributed by atoms with Crippen molar-refractivity contribution in [3.8, 4) is 0 Å². The van der Waals surface area contributed by atoms with Crippen LogP contribution in [0.4, 0.5) is 0 Å². The van der Waals surface area contributed by atoms with Crippen LogP contribution in [0.25, 0.3) is 0 Å². The van der Waals surface area contributed by atoms with Crippen LogP contribution < -0.4 is 5.73 Å². The lowest BCUT2D eigenvalue weighted by Crippen LogP contribution is -2.32. The van der Waals surface area contributed by atoms with E-state index in [-0.39, 0.29) is 11.5 Å². The molecule has 1 atom stereocenters. The van der Waals surface area contributed by atoms with E-state index in [4.69, 9.17) is 5.73 Å². The van der Waals surface area contributed by atoms with E-state index >= 15 is 0 Å². The first-order chi connectivity index (χ1) is 8.24. The standard InChI is InChI=1S/C13H25BrN4/c1-10(15)8-13(2,3)12-11(14)9-16-18(12)7-6-17(4)5/h9-10H,6-8,15H2,1-5H3. The number of likely N-dealkylation sites (N-methyl/N-ethyl adjacent to an activating group) is 1. The van der Waals surface area contributed by atoms with Gasteiger partial charge < -0.3 is 10.6 Å². The Morgan fingerprint density at radius 3 is 2.61 bits per heavy atom. The largest absolute Gasteiger partial charge is 0.328 e. The molecule has 1 aromatic heterocycles. The van der Waals surface area contributed by atoms with Crippen molar-refractivity contribution in [3.05, 3.63) is 16.4 Å². The lowest BCUT2D eigenvalue weighted by molar-refractivity contribution is 0.345. The van der Waals surface area contributed by atoms with Crippen molar-refractivity contribution in [2.24, 2.45) is 5.73 Å². The van der Waals surface area contributed by atoms with E-state index in [1.54, 1.807) is 0 Å². The summed E-state index contributed by atoms with van der Waals surface area (Å²) in [5, 5.41) is 4.46. The fourth-order valence-corrected chi connectivity index (χ4v) is 3.23. The average Bonchev–Trinajstić information content (AvgIpc) is 2.55. The molecule has 0 fully saturated rings. The SMILES string of the molecule is CC(N)CC(C)(C)c1c(Br)cnn1CCN(C)C. The molecule has 1 heterocycles. The Kier molecular flexibility index (Phi) is 5.37. The average molecular weight is 317 g/mol. The van der Waals surface area contributed by atoms with Gasteiger partial charge in [0.15, 0.2) is 0 Å². The highest BCUT2D eigenvalue weighted by Crippen LogP contribution is 2.33. The monoisotopic (exact) mass is 316 g/mol. The number of halogens is 1. The molecule has 0 radical (unpaired) electrons. The molecule has 0 aromatic carbocycles. The minimum Gasteiger partial charge on any atom is -0.328 e. The molecular formula is C13H25BrN4. The van der Waals surface area contributed by atoms with Crippen LogP contribution in [-0.4, -0.2) is 41.4 Å². The predicted molar refractivity (Wildman–Crippen MR) is 79.8 cm³/mol. The molecule has 0 aliphatic rings. The molecule has 1 aromatic rings. The van der Waals surface area contributed by atoms with Crippen molar-refractivity contribution in [2.75, 3.05) is 20.6 Å². The number of rotatable bonds is 6. The summed E-state index contributed by atoms with van der Waals surface area (Å²) in [6.07, 6.45) is 2.83. The molecule has 104 valence electrons. The Hall–Kier alpha value is -0.390. The van der Waals surface area contributed by atoms with Crippen LogP contribution in [0.3, 0.4) is 0 Å². The van der Waals surface area contributed by atoms with Crippen molar-refractivity contribution >= 4 is 15.9 Å². The van der Waals surface area contributed by atoms with Crippen molar-refractivity contribution in [1.29, 1.82) is 0 Å². The van der Waals surface area contributed by atoms with Gasteiger partial charge >= 0.3 is 0 Å². The molecule has 18 heavy (non-hydrogen) atoms. The summed E-state index contributed by atoms with van der Waals surface area (Å²) >= 11 is 3.61. The third-order valence-electron chi connectivity index (χ3n) is 3.03.